The van der Waals surface area contributed by atoms with Gasteiger partial charge in [0.15, 0.2) is 11.8 Å². The van der Waals surface area contributed by atoms with E-state index < -0.39 is 11.9 Å². The first-order valence-electron chi connectivity index (χ1n) is 7.60. The third-order valence-corrected chi connectivity index (χ3v) is 4.08. The number of benzene rings is 1. The number of nitrogens with one attached hydrogen (secondary N) is 1. The van der Waals surface area contributed by atoms with Gasteiger partial charge in [-0.1, -0.05) is 23.7 Å². The molecule has 1 N–H and O–H groups in total. The molecule has 0 unspecified atom stereocenters. The second-order valence-electron chi connectivity index (χ2n) is 5.00. The highest BCUT2D eigenvalue weighted by atomic mass is 32.2. The van der Waals surface area contributed by atoms with Gasteiger partial charge in [-0.15, -0.1) is 16.6 Å². The van der Waals surface area contributed by atoms with Crippen LogP contribution in [0, 0.1) is 19.3 Å². The molecule has 0 fully saturated rings. The van der Waals surface area contributed by atoms with Gasteiger partial charge in [-0.25, -0.2) is 0 Å². The Morgan fingerprint density at radius 3 is 2.92 bits per heavy atom. The van der Waals surface area contributed by atoms with Gasteiger partial charge in [0, 0.05) is 6.07 Å². The summed E-state index contributed by atoms with van der Waals surface area (Å²) >= 11 is 1.16. The molecular formula is C17H18N4O4S. The van der Waals surface area contributed by atoms with Crippen molar-refractivity contribution in [2.75, 3.05) is 26.0 Å². The predicted octanol–water partition coefficient (Wildman–Crippen LogP) is 0.969. The van der Waals surface area contributed by atoms with Crippen molar-refractivity contribution in [3.63, 3.8) is 0 Å². The number of methoxy groups -OCH3 is 1. The number of thioether (sulfide) groups is 1. The Hall–Kier alpha value is -2.99. The highest BCUT2D eigenvalue weighted by Gasteiger charge is 2.15. The van der Waals surface area contributed by atoms with E-state index >= 15 is 0 Å². The van der Waals surface area contributed by atoms with E-state index in [0.29, 0.717) is 16.7 Å². The van der Waals surface area contributed by atoms with Gasteiger partial charge >= 0.3 is 5.97 Å². The van der Waals surface area contributed by atoms with Crippen LogP contribution in [-0.2, 0) is 14.3 Å². The van der Waals surface area contributed by atoms with Crippen LogP contribution in [0.25, 0.3) is 5.69 Å². The van der Waals surface area contributed by atoms with E-state index in [-0.39, 0.29) is 18.9 Å². The first-order valence-corrected chi connectivity index (χ1v) is 8.58. The van der Waals surface area contributed by atoms with Crippen molar-refractivity contribution >= 4 is 23.6 Å². The number of rotatable bonds is 8. The molecule has 0 aliphatic heterocycles. The lowest BCUT2D eigenvalue weighted by molar-refractivity contribution is -0.145. The first kappa shape index (κ1) is 19.3. The Bertz CT molecular complexity index is 828. The maximum Gasteiger partial charge on any atom is 0.316 e. The van der Waals surface area contributed by atoms with Crippen LogP contribution in [0.15, 0.2) is 29.4 Å². The first-order chi connectivity index (χ1) is 12.5. The van der Waals surface area contributed by atoms with Crippen molar-refractivity contribution < 1.29 is 19.1 Å². The van der Waals surface area contributed by atoms with E-state index in [0.717, 1.165) is 17.4 Å². The monoisotopic (exact) mass is 374 g/mol. The molecule has 8 nitrogen and oxygen atoms in total. The van der Waals surface area contributed by atoms with Crippen molar-refractivity contribution in [1.82, 2.24) is 20.1 Å². The number of nitrogens with zero attached hydrogens (tertiary/aromatic N) is 3. The summed E-state index contributed by atoms with van der Waals surface area (Å²) < 4.78 is 11.9. The summed E-state index contributed by atoms with van der Waals surface area (Å²) in [7, 11) is 1.59. The van der Waals surface area contributed by atoms with Crippen LogP contribution in [0.3, 0.4) is 0 Å². The van der Waals surface area contributed by atoms with Gasteiger partial charge in [-0.05, 0) is 19.1 Å². The number of ether oxygens (including phenoxy) is 2. The van der Waals surface area contributed by atoms with Crippen LogP contribution in [-0.4, -0.2) is 52.7 Å². The van der Waals surface area contributed by atoms with Crippen LogP contribution in [0.2, 0.25) is 0 Å². The molecule has 0 atom stereocenters. The smallest absolute Gasteiger partial charge is 0.316 e. The van der Waals surface area contributed by atoms with Crippen LogP contribution in [0.4, 0.5) is 0 Å². The molecule has 26 heavy (non-hydrogen) atoms. The topological polar surface area (TPSA) is 95.3 Å². The second-order valence-corrected chi connectivity index (χ2v) is 5.94. The quantitative estimate of drug-likeness (QED) is 0.418. The third-order valence-electron chi connectivity index (χ3n) is 3.18. The predicted molar refractivity (Wildman–Crippen MR) is 96.2 cm³/mol. The maximum absolute atomic E-state index is 11.8. The summed E-state index contributed by atoms with van der Waals surface area (Å²) in [6.07, 6.45) is 5.03. The lowest BCUT2D eigenvalue weighted by Gasteiger charge is -2.09. The normalized spacial score (nSPS) is 10.0. The van der Waals surface area contributed by atoms with Crippen LogP contribution < -0.4 is 10.1 Å². The van der Waals surface area contributed by atoms with Gasteiger partial charge in [0.1, 0.15) is 11.6 Å². The molecule has 1 amide bonds. The molecular weight excluding hydrogens is 356 g/mol. The van der Waals surface area contributed by atoms with E-state index in [2.05, 4.69) is 21.4 Å². The number of aryl methyl sites for hydroxylation is 1. The van der Waals surface area contributed by atoms with Gasteiger partial charge in [0.05, 0.1) is 25.1 Å². The molecule has 136 valence electrons. The number of hydrogen-bond acceptors (Lipinski definition) is 7. The van der Waals surface area contributed by atoms with Crippen molar-refractivity contribution in [3.8, 4) is 23.8 Å². The molecule has 1 aromatic heterocycles. The average Bonchev–Trinajstić information content (AvgIpc) is 3.03. The Balaban J connectivity index is 1.97. The number of hydrogen-bond donors (Lipinski definition) is 1. The van der Waals surface area contributed by atoms with E-state index in [1.54, 1.807) is 11.7 Å². The van der Waals surface area contributed by atoms with Crippen LogP contribution in [0.1, 0.15) is 5.82 Å². The zero-order chi connectivity index (χ0) is 18.9. The fourth-order valence-electron chi connectivity index (χ4n) is 2.00. The van der Waals surface area contributed by atoms with Crippen LogP contribution >= 0.6 is 11.8 Å². The Morgan fingerprint density at radius 1 is 1.38 bits per heavy atom. The third kappa shape index (κ3) is 5.26. The minimum atomic E-state index is -0.538. The minimum Gasteiger partial charge on any atom is -0.497 e. The van der Waals surface area contributed by atoms with E-state index in [9.17, 15) is 9.59 Å². The Morgan fingerprint density at radius 2 is 2.19 bits per heavy atom. The summed E-state index contributed by atoms with van der Waals surface area (Å²) in [5.74, 6) is 2.63. The second kappa shape index (κ2) is 9.48. The summed E-state index contributed by atoms with van der Waals surface area (Å²) in [6, 6.07) is 7.41. The fourth-order valence-corrected chi connectivity index (χ4v) is 2.79. The maximum atomic E-state index is 11.8. The highest BCUT2D eigenvalue weighted by Crippen LogP contribution is 2.24. The van der Waals surface area contributed by atoms with Crippen LogP contribution in [0.5, 0.6) is 5.75 Å². The molecule has 0 bridgehead atoms. The lowest BCUT2D eigenvalue weighted by atomic mass is 10.3. The minimum absolute atomic E-state index is 0.00940. The van der Waals surface area contributed by atoms with Crippen molar-refractivity contribution in [3.05, 3.63) is 30.1 Å². The number of esters is 1. The molecule has 0 radical (unpaired) electrons. The molecule has 2 rings (SSSR count). The lowest BCUT2D eigenvalue weighted by Crippen LogP contribution is -2.29. The molecule has 2 aromatic rings. The van der Waals surface area contributed by atoms with Crippen molar-refractivity contribution in [2.45, 2.75) is 12.1 Å². The van der Waals surface area contributed by atoms with Gasteiger partial charge in [-0.2, -0.15) is 0 Å². The summed E-state index contributed by atoms with van der Waals surface area (Å²) in [5.41, 5.74) is 0.816. The number of aromatic nitrogens is 3. The van der Waals surface area contributed by atoms with E-state index in [1.165, 1.54) is 0 Å². The molecule has 9 heteroatoms. The molecule has 1 heterocycles. The zero-order valence-electron chi connectivity index (χ0n) is 14.4. The SMILES string of the molecule is C#CCNC(=O)COC(=O)CSc1nnc(C)n1-c1cccc(OC)c1. The zero-order valence-corrected chi connectivity index (χ0v) is 15.2. The van der Waals surface area contributed by atoms with Gasteiger partial charge in [0.25, 0.3) is 5.91 Å². The summed E-state index contributed by atoms with van der Waals surface area (Å²) in [5, 5.41) is 11.1. The van der Waals surface area contributed by atoms with Gasteiger partial charge < -0.3 is 14.8 Å². The molecule has 1 aromatic carbocycles. The van der Waals surface area contributed by atoms with Crippen molar-refractivity contribution in [1.29, 1.82) is 0 Å². The summed E-state index contributed by atoms with van der Waals surface area (Å²) in [4.78, 5) is 23.2. The molecule has 0 aliphatic carbocycles. The number of carbonyl (C=O) groups is 2. The van der Waals surface area contributed by atoms with E-state index in [1.807, 2.05) is 31.2 Å². The molecule has 0 spiro atoms. The highest BCUT2D eigenvalue weighted by molar-refractivity contribution is 7.99. The molecule has 0 saturated heterocycles. The van der Waals surface area contributed by atoms with Gasteiger partial charge in [0.2, 0.25) is 0 Å². The fraction of sp³-hybridized carbons (Fsp3) is 0.294. The largest absolute Gasteiger partial charge is 0.497 e. The standard InChI is InChI=1S/C17H18N4O4S/c1-4-8-18-15(22)10-25-16(23)11-26-17-20-19-12(2)21(17)13-6-5-7-14(9-13)24-3/h1,5-7,9H,8,10-11H2,2-3H3,(H,18,22). The summed E-state index contributed by atoms with van der Waals surface area (Å²) in [6.45, 7) is 1.53. The Labute approximate surface area is 155 Å². The number of carbonyl (C=O) groups excluding carboxylic acids is 2. The average molecular weight is 374 g/mol. The Kier molecular flexibility index (Phi) is 7.05. The van der Waals surface area contributed by atoms with Crippen molar-refractivity contribution in [2.24, 2.45) is 0 Å². The number of terminal acetylenes is 1. The number of amides is 1. The molecule has 0 aliphatic rings. The van der Waals surface area contributed by atoms with Gasteiger partial charge in [-0.3, -0.25) is 14.2 Å². The van der Waals surface area contributed by atoms with E-state index in [4.69, 9.17) is 15.9 Å². The molecule has 0 saturated carbocycles.